The van der Waals surface area contributed by atoms with Gasteiger partial charge in [0.1, 0.15) is 5.75 Å². The molecule has 0 amide bonds. The summed E-state index contributed by atoms with van der Waals surface area (Å²) in [7, 11) is 1.60. The second-order valence-electron chi connectivity index (χ2n) is 3.98. The number of hydrogen-bond donors (Lipinski definition) is 0. The average Bonchev–Trinajstić information content (AvgIpc) is 2.41. The maximum absolute atomic E-state index is 11.3. The molecule has 0 heterocycles. The summed E-state index contributed by atoms with van der Waals surface area (Å²) in [4.78, 5) is 11.3. The molecule has 0 atom stereocenters. The first-order chi connectivity index (χ1) is 9.17. The van der Waals surface area contributed by atoms with Crippen LogP contribution in [0.3, 0.4) is 0 Å². The Kier molecular flexibility index (Phi) is 3.90. The number of benzene rings is 2. The molecule has 2 rings (SSSR count). The zero-order valence-electron chi connectivity index (χ0n) is 11.2. The first-order valence-corrected chi connectivity index (χ1v) is 6.08. The minimum Gasteiger partial charge on any atom is -0.496 e. The summed E-state index contributed by atoms with van der Waals surface area (Å²) in [5, 5.41) is 1.67. The number of fused-ring (bicyclic) bond motifs is 1. The Morgan fingerprint density at radius 2 is 1.84 bits per heavy atom. The van der Waals surface area contributed by atoms with Crippen LogP contribution in [0.15, 0.2) is 30.3 Å². The molecule has 100 valence electrons. The van der Waals surface area contributed by atoms with Crippen LogP contribution in [0.2, 0.25) is 0 Å². The summed E-state index contributed by atoms with van der Waals surface area (Å²) in [5.41, 5.74) is 0. The second-order valence-corrected chi connectivity index (χ2v) is 3.98. The van der Waals surface area contributed by atoms with E-state index >= 15 is 0 Å². The maximum atomic E-state index is 11.3. The van der Waals surface area contributed by atoms with E-state index in [1.165, 1.54) is 6.92 Å². The zero-order chi connectivity index (χ0) is 13.8. The van der Waals surface area contributed by atoms with Gasteiger partial charge < -0.3 is 14.2 Å². The third-order valence-corrected chi connectivity index (χ3v) is 2.69. The number of methoxy groups -OCH3 is 1. The van der Waals surface area contributed by atoms with Gasteiger partial charge in [0.15, 0.2) is 11.5 Å². The molecular formula is C15H16O4. The van der Waals surface area contributed by atoms with Crippen LogP contribution in [0, 0.1) is 0 Å². The van der Waals surface area contributed by atoms with E-state index in [2.05, 4.69) is 0 Å². The fourth-order valence-electron chi connectivity index (χ4n) is 1.97. The van der Waals surface area contributed by atoms with Gasteiger partial charge in [-0.05, 0) is 6.92 Å². The number of carbonyl (C=O) groups excluding carboxylic acids is 1. The monoisotopic (exact) mass is 260 g/mol. The normalized spacial score (nSPS) is 10.3. The van der Waals surface area contributed by atoms with E-state index in [-0.39, 0.29) is 5.97 Å². The Bertz CT molecular complexity index is 604. The van der Waals surface area contributed by atoms with Gasteiger partial charge in [-0.15, -0.1) is 0 Å². The predicted molar refractivity (Wildman–Crippen MR) is 73.0 cm³/mol. The van der Waals surface area contributed by atoms with Crippen molar-refractivity contribution in [2.24, 2.45) is 0 Å². The maximum Gasteiger partial charge on any atom is 0.308 e. The molecule has 0 unspecified atom stereocenters. The molecule has 0 saturated heterocycles. The topological polar surface area (TPSA) is 44.8 Å². The van der Waals surface area contributed by atoms with E-state index in [1.54, 1.807) is 13.2 Å². The number of carbonyl (C=O) groups is 1. The smallest absolute Gasteiger partial charge is 0.308 e. The van der Waals surface area contributed by atoms with Crippen molar-refractivity contribution in [1.29, 1.82) is 0 Å². The number of hydrogen-bond acceptors (Lipinski definition) is 4. The van der Waals surface area contributed by atoms with Gasteiger partial charge in [0.2, 0.25) is 0 Å². The molecule has 19 heavy (non-hydrogen) atoms. The Balaban J connectivity index is 2.72. The first-order valence-electron chi connectivity index (χ1n) is 6.08. The van der Waals surface area contributed by atoms with Gasteiger partial charge in [0, 0.05) is 23.8 Å². The third kappa shape index (κ3) is 2.62. The molecule has 0 bridgehead atoms. The lowest BCUT2D eigenvalue weighted by Gasteiger charge is -2.15. The van der Waals surface area contributed by atoms with E-state index in [0.29, 0.717) is 23.9 Å². The fraction of sp³-hybridized carbons (Fsp3) is 0.267. The van der Waals surface area contributed by atoms with Crippen LogP contribution >= 0.6 is 0 Å². The molecule has 0 aromatic heterocycles. The van der Waals surface area contributed by atoms with E-state index in [9.17, 15) is 4.79 Å². The van der Waals surface area contributed by atoms with Gasteiger partial charge in [-0.2, -0.15) is 0 Å². The molecule has 2 aromatic rings. The number of ether oxygens (including phenoxy) is 3. The van der Waals surface area contributed by atoms with Crippen molar-refractivity contribution < 1.29 is 19.0 Å². The van der Waals surface area contributed by atoms with E-state index in [1.807, 2.05) is 31.2 Å². The summed E-state index contributed by atoms with van der Waals surface area (Å²) in [6.45, 7) is 3.73. The number of rotatable bonds is 4. The predicted octanol–water partition coefficient (Wildman–Crippen LogP) is 3.17. The molecule has 0 aliphatic heterocycles. The summed E-state index contributed by atoms with van der Waals surface area (Å²) in [6.07, 6.45) is 0. The lowest BCUT2D eigenvalue weighted by molar-refractivity contribution is -0.131. The summed E-state index contributed by atoms with van der Waals surface area (Å²) >= 11 is 0. The summed E-state index contributed by atoms with van der Waals surface area (Å²) in [5.74, 6) is 1.25. The summed E-state index contributed by atoms with van der Waals surface area (Å²) < 4.78 is 16.2. The lowest BCUT2D eigenvalue weighted by atomic mass is 10.1. The molecular weight excluding hydrogens is 244 g/mol. The molecule has 4 heteroatoms. The standard InChI is InChI=1S/C15H16O4/c1-4-18-14-9-13(17-3)11-7-5-6-8-12(11)15(14)19-10(2)16/h5-9H,4H2,1-3H3. The van der Waals surface area contributed by atoms with Gasteiger partial charge >= 0.3 is 5.97 Å². The minimum absolute atomic E-state index is 0.378. The molecule has 0 aliphatic carbocycles. The molecule has 0 spiro atoms. The SMILES string of the molecule is CCOc1cc(OC)c2ccccc2c1OC(C)=O. The van der Waals surface area contributed by atoms with Crippen LogP contribution in [0.25, 0.3) is 10.8 Å². The molecule has 0 fully saturated rings. The van der Waals surface area contributed by atoms with Crippen molar-refractivity contribution in [1.82, 2.24) is 0 Å². The molecule has 4 nitrogen and oxygen atoms in total. The van der Waals surface area contributed by atoms with Crippen molar-refractivity contribution in [3.05, 3.63) is 30.3 Å². The van der Waals surface area contributed by atoms with Gasteiger partial charge in [-0.1, -0.05) is 24.3 Å². The van der Waals surface area contributed by atoms with Crippen LogP contribution in [-0.2, 0) is 4.79 Å². The van der Waals surface area contributed by atoms with E-state index in [4.69, 9.17) is 14.2 Å². The van der Waals surface area contributed by atoms with Crippen LogP contribution in [0.4, 0.5) is 0 Å². The van der Waals surface area contributed by atoms with Crippen molar-refractivity contribution in [3.8, 4) is 17.2 Å². The third-order valence-electron chi connectivity index (χ3n) is 2.69. The Hall–Kier alpha value is -2.23. The Morgan fingerprint density at radius 3 is 2.42 bits per heavy atom. The van der Waals surface area contributed by atoms with Crippen LogP contribution < -0.4 is 14.2 Å². The fourth-order valence-corrected chi connectivity index (χ4v) is 1.97. The van der Waals surface area contributed by atoms with E-state index < -0.39 is 0 Å². The van der Waals surface area contributed by atoms with Crippen molar-refractivity contribution in [3.63, 3.8) is 0 Å². The highest BCUT2D eigenvalue weighted by molar-refractivity contribution is 5.97. The van der Waals surface area contributed by atoms with Crippen molar-refractivity contribution in [2.45, 2.75) is 13.8 Å². The lowest BCUT2D eigenvalue weighted by Crippen LogP contribution is -2.05. The van der Waals surface area contributed by atoms with Crippen molar-refractivity contribution >= 4 is 16.7 Å². The van der Waals surface area contributed by atoms with Crippen LogP contribution in [0.5, 0.6) is 17.2 Å². The van der Waals surface area contributed by atoms with Gasteiger partial charge in [0.05, 0.1) is 13.7 Å². The highest BCUT2D eigenvalue weighted by atomic mass is 16.6. The molecule has 0 aliphatic rings. The van der Waals surface area contributed by atoms with Gasteiger partial charge in [-0.3, -0.25) is 4.79 Å². The second kappa shape index (κ2) is 5.61. The van der Waals surface area contributed by atoms with E-state index in [0.717, 1.165) is 10.8 Å². The van der Waals surface area contributed by atoms with Crippen LogP contribution in [-0.4, -0.2) is 19.7 Å². The van der Waals surface area contributed by atoms with Crippen LogP contribution in [0.1, 0.15) is 13.8 Å². The Labute approximate surface area is 111 Å². The minimum atomic E-state index is -0.378. The largest absolute Gasteiger partial charge is 0.496 e. The van der Waals surface area contributed by atoms with Gasteiger partial charge in [-0.25, -0.2) is 0 Å². The molecule has 0 radical (unpaired) electrons. The number of esters is 1. The summed E-state index contributed by atoms with van der Waals surface area (Å²) in [6, 6.07) is 9.31. The molecule has 0 N–H and O–H groups in total. The van der Waals surface area contributed by atoms with Crippen molar-refractivity contribution in [2.75, 3.05) is 13.7 Å². The average molecular weight is 260 g/mol. The Morgan fingerprint density at radius 1 is 1.16 bits per heavy atom. The highest BCUT2D eigenvalue weighted by Crippen LogP contribution is 2.41. The highest BCUT2D eigenvalue weighted by Gasteiger charge is 2.16. The molecule has 0 saturated carbocycles. The van der Waals surface area contributed by atoms with Gasteiger partial charge in [0.25, 0.3) is 0 Å². The zero-order valence-corrected chi connectivity index (χ0v) is 11.2. The first kappa shape index (κ1) is 13.2. The molecule has 2 aromatic carbocycles. The quantitative estimate of drug-likeness (QED) is 0.625.